The molecule has 0 spiro atoms. The van der Waals surface area contributed by atoms with Crippen LogP contribution in [0.25, 0.3) is 0 Å². The maximum Gasteiger partial charge on any atom is 0.123 e. The summed E-state index contributed by atoms with van der Waals surface area (Å²) in [5.74, 6) is 0.253. The molecule has 0 saturated carbocycles. The molecule has 0 aliphatic heterocycles. The van der Waals surface area contributed by atoms with Crippen LogP contribution in [0, 0.1) is 11.7 Å². The predicted molar refractivity (Wildman–Crippen MR) is 73.1 cm³/mol. The summed E-state index contributed by atoms with van der Waals surface area (Å²) in [4.78, 5) is 0. The van der Waals surface area contributed by atoms with Gasteiger partial charge in [-0.25, -0.2) is 4.39 Å². The molecule has 1 aromatic rings. The minimum Gasteiger partial charge on any atom is -0.380 e. The molecule has 0 saturated heterocycles. The third-order valence-electron chi connectivity index (χ3n) is 2.93. The summed E-state index contributed by atoms with van der Waals surface area (Å²) in [5.41, 5.74) is 1.12. The molecule has 0 radical (unpaired) electrons. The Hall–Kier alpha value is -0.930. The lowest BCUT2D eigenvalue weighted by Gasteiger charge is -2.27. The molecular formula is C15H24FNO. The zero-order valence-electron chi connectivity index (χ0n) is 11.7. The third-order valence-corrected chi connectivity index (χ3v) is 2.93. The summed E-state index contributed by atoms with van der Waals surface area (Å²) >= 11 is 0. The lowest BCUT2D eigenvalue weighted by molar-refractivity contribution is 0.120. The van der Waals surface area contributed by atoms with Crippen LogP contribution < -0.4 is 5.32 Å². The molecule has 2 unspecified atom stereocenters. The minimum atomic E-state index is -0.191. The Bertz CT molecular complexity index is 337. The third kappa shape index (κ3) is 4.75. The average molecular weight is 253 g/mol. The van der Waals surface area contributed by atoms with E-state index in [1.165, 1.54) is 12.1 Å². The first-order valence-electron chi connectivity index (χ1n) is 6.63. The molecule has 0 aromatic heterocycles. The summed E-state index contributed by atoms with van der Waals surface area (Å²) in [6.07, 6.45) is 0. The SMILES string of the molecule is CCOCC(C)NC(c1ccc(F)cc1)C(C)C. The molecule has 2 nitrogen and oxygen atoms in total. The molecule has 0 heterocycles. The molecular weight excluding hydrogens is 229 g/mol. The van der Waals surface area contributed by atoms with Gasteiger partial charge in [0.2, 0.25) is 0 Å². The summed E-state index contributed by atoms with van der Waals surface area (Å²) < 4.78 is 18.3. The van der Waals surface area contributed by atoms with Crippen LogP contribution in [0.2, 0.25) is 0 Å². The lowest BCUT2D eigenvalue weighted by Crippen LogP contribution is -2.36. The number of nitrogens with one attached hydrogen (secondary N) is 1. The van der Waals surface area contributed by atoms with Gasteiger partial charge in [0, 0.05) is 18.7 Å². The number of hydrogen-bond acceptors (Lipinski definition) is 2. The normalized spacial score (nSPS) is 14.8. The predicted octanol–water partition coefficient (Wildman–Crippen LogP) is 3.54. The maximum atomic E-state index is 12.9. The Morgan fingerprint density at radius 2 is 1.78 bits per heavy atom. The van der Waals surface area contributed by atoms with Crippen LogP contribution in [0.3, 0.4) is 0 Å². The average Bonchev–Trinajstić information content (AvgIpc) is 2.34. The van der Waals surface area contributed by atoms with Gasteiger partial charge in [-0.3, -0.25) is 0 Å². The molecule has 0 aliphatic rings. The molecule has 1 N–H and O–H groups in total. The number of hydrogen-bond donors (Lipinski definition) is 1. The largest absolute Gasteiger partial charge is 0.380 e. The quantitative estimate of drug-likeness (QED) is 0.802. The highest BCUT2D eigenvalue weighted by molar-refractivity contribution is 5.20. The molecule has 3 heteroatoms. The van der Waals surface area contributed by atoms with E-state index in [-0.39, 0.29) is 17.9 Å². The highest BCUT2D eigenvalue weighted by atomic mass is 19.1. The van der Waals surface area contributed by atoms with Crippen molar-refractivity contribution in [2.45, 2.75) is 39.8 Å². The van der Waals surface area contributed by atoms with Crippen molar-refractivity contribution in [3.8, 4) is 0 Å². The Kier molecular flexibility index (Phi) is 6.30. The van der Waals surface area contributed by atoms with Gasteiger partial charge < -0.3 is 10.1 Å². The summed E-state index contributed by atoms with van der Waals surface area (Å²) in [6.45, 7) is 9.85. The van der Waals surface area contributed by atoms with Crippen LogP contribution in [0.1, 0.15) is 39.3 Å². The maximum absolute atomic E-state index is 12.9. The van der Waals surface area contributed by atoms with Gasteiger partial charge in [0.05, 0.1) is 6.61 Å². The summed E-state index contributed by atoms with van der Waals surface area (Å²) in [7, 11) is 0. The van der Waals surface area contributed by atoms with Crippen LogP contribution >= 0.6 is 0 Å². The van der Waals surface area contributed by atoms with Crippen molar-refractivity contribution in [1.29, 1.82) is 0 Å². The van der Waals surface area contributed by atoms with E-state index in [1.807, 2.05) is 19.1 Å². The smallest absolute Gasteiger partial charge is 0.123 e. The first-order chi connectivity index (χ1) is 8.54. The zero-order chi connectivity index (χ0) is 13.5. The van der Waals surface area contributed by atoms with E-state index in [0.717, 1.165) is 12.2 Å². The van der Waals surface area contributed by atoms with Gasteiger partial charge in [-0.2, -0.15) is 0 Å². The van der Waals surface area contributed by atoms with Gasteiger partial charge in [-0.05, 0) is 37.5 Å². The Balaban J connectivity index is 2.68. The van der Waals surface area contributed by atoms with Gasteiger partial charge in [-0.1, -0.05) is 26.0 Å². The molecule has 0 aliphatic carbocycles. The van der Waals surface area contributed by atoms with E-state index in [2.05, 4.69) is 26.1 Å². The van der Waals surface area contributed by atoms with Gasteiger partial charge >= 0.3 is 0 Å². The monoisotopic (exact) mass is 253 g/mol. The molecule has 0 amide bonds. The van der Waals surface area contributed by atoms with Crippen LogP contribution in [-0.4, -0.2) is 19.3 Å². The second-order valence-electron chi connectivity index (χ2n) is 5.00. The molecule has 18 heavy (non-hydrogen) atoms. The van der Waals surface area contributed by atoms with Gasteiger partial charge in [-0.15, -0.1) is 0 Å². The van der Waals surface area contributed by atoms with Crippen LogP contribution in [0.5, 0.6) is 0 Å². The van der Waals surface area contributed by atoms with Crippen molar-refractivity contribution >= 4 is 0 Å². The van der Waals surface area contributed by atoms with E-state index in [4.69, 9.17) is 4.74 Å². The highest BCUT2D eigenvalue weighted by Crippen LogP contribution is 2.22. The Morgan fingerprint density at radius 3 is 2.28 bits per heavy atom. The molecule has 1 rings (SSSR count). The fourth-order valence-corrected chi connectivity index (χ4v) is 1.99. The fourth-order valence-electron chi connectivity index (χ4n) is 1.99. The van der Waals surface area contributed by atoms with Crippen molar-refractivity contribution in [2.75, 3.05) is 13.2 Å². The molecule has 102 valence electrons. The van der Waals surface area contributed by atoms with E-state index in [1.54, 1.807) is 0 Å². The summed E-state index contributed by atoms with van der Waals surface area (Å²) in [6, 6.07) is 7.23. The second kappa shape index (κ2) is 7.49. The molecule has 0 bridgehead atoms. The number of benzene rings is 1. The van der Waals surface area contributed by atoms with E-state index in [0.29, 0.717) is 12.5 Å². The first-order valence-corrected chi connectivity index (χ1v) is 6.63. The second-order valence-corrected chi connectivity index (χ2v) is 5.00. The van der Waals surface area contributed by atoms with Crippen molar-refractivity contribution < 1.29 is 9.13 Å². The molecule has 2 atom stereocenters. The topological polar surface area (TPSA) is 21.3 Å². The fraction of sp³-hybridized carbons (Fsp3) is 0.600. The van der Waals surface area contributed by atoms with Crippen molar-refractivity contribution in [2.24, 2.45) is 5.92 Å². The van der Waals surface area contributed by atoms with Crippen LogP contribution in [0.15, 0.2) is 24.3 Å². The number of ether oxygens (including phenoxy) is 1. The minimum absolute atomic E-state index is 0.191. The van der Waals surface area contributed by atoms with Gasteiger partial charge in [0.15, 0.2) is 0 Å². The van der Waals surface area contributed by atoms with E-state index in [9.17, 15) is 4.39 Å². The number of rotatable bonds is 7. The Morgan fingerprint density at radius 1 is 1.17 bits per heavy atom. The lowest BCUT2D eigenvalue weighted by atomic mass is 9.95. The van der Waals surface area contributed by atoms with E-state index < -0.39 is 0 Å². The van der Waals surface area contributed by atoms with Crippen molar-refractivity contribution in [3.63, 3.8) is 0 Å². The molecule has 0 fully saturated rings. The van der Waals surface area contributed by atoms with Gasteiger partial charge in [0.1, 0.15) is 5.82 Å². The van der Waals surface area contributed by atoms with Crippen LogP contribution in [0.4, 0.5) is 4.39 Å². The summed E-state index contributed by atoms with van der Waals surface area (Å²) in [5, 5.41) is 3.54. The first kappa shape index (κ1) is 15.1. The van der Waals surface area contributed by atoms with Gasteiger partial charge in [0.25, 0.3) is 0 Å². The molecule has 1 aromatic carbocycles. The van der Waals surface area contributed by atoms with Crippen molar-refractivity contribution in [1.82, 2.24) is 5.32 Å². The van der Waals surface area contributed by atoms with Crippen molar-refractivity contribution in [3.05, 3.63) is 35.6 Å². The highest BCUT2D eigenvalue weighted by Gasteiger charge is 2.17. The number of halogens is 1. The standard InChI is InChI=1S/C15H24FNO/c1-5-18-10-12(4)17-15(11(2)3)13-6-8-14(16)9-7-13/h6-9,11-12,15,17H,5,10H2,1-4H3. The van der Waals surface area contributed by atoms with Crippen LogP contribution in [-0.2, 0) is 4.74 Å². The van der Waals surface area contributed by atoms with E-state index >= 15 is 0 Å². The Labute approximate surface area is 110 Å². The zero-order valence-corrected chi connectivity index (χ0v) is 11.7.